The van der Waals surface area contributed by atoms with Crippen LogP contribution in [0.4, 0.5) is 4.79 Å². The molecule has 5 rings (SSSR count). The first-order valence-corrected chi connectivity index (χ1v) is 10.7. The van der Waals surface area contributed by atoms with E-state index in [4.69, 9.17) is 9.15 Å². The fourth-order valence-corrected chi connectivity index (χ4v) is 4.01. The van der Waals surface area contributed by atoms with Gasteiger partial charge in [-0.1, -0.05) is 6.07 Å². The van der Waals surface area contributed by atoms with Gasteiger partial charge in [0.2, 0.25) is 6.41 Å². The Kier molecular flexibility index (Phi) is 5.80. The van der Waals surface area contributed by atoms with Gasteiger partial charge < -0.3 is 19.4 Å². The molecule has 0 fully saturated rings. The molecular weight excluding hydrogens is 452 g/mol. The van der Waals surface area contributed by atoms with Gasteiger partial charge in [-0.05, 0) is 23.8 Å². The Balaban J connectivity index is 1.44. The minimum atomic E-state index is -0.731. The van der Waals surface area contributed by atoms with E-state index < -0.39 is 12.1 Å². The van der Waals surface area contributed by atoms with Gasteiger partial charge >= 0.3 is 6.03 Å². The molecule has 0 aliphatic carbocycles. The number of methoxy groups -OCH3 is 1. The lowest BCUT2D eigenvalue weighted by molar-refractivity contribution is -0.108. The molecule has 4 heterocycles. The molecule has 0 unspecified atom stereocenters. The van der Waals surface area contributed by atoms with E-state index in [0.717, 1.165) is 11.1 Å². The zero-order valence-electron chi connectivity index (χ0n) is 18.6. The number of carbonyl (C=O) groups is 3. The number of urea groups is 1. The normalized spacial score (nSPS) is 13.4. The van der Waals surface area contributed by atoms with Crippen LogP contribution in [0.25, 0.3) is 22.2 Å². The SMILES string of the molecule is COc1ccc2c(c1)C(=O)N(C[C@H](NC(=O)NC=O)c1cc3cnc(-c4cncnc4)cc3o1)C2. The molecule has 0 bridgehead atoms. The number of rotatable bonds is 7. The van der Waals surface area contributed by atoms with Crippen LogP contribution >= 0.6 is 0 Å². The number of benzene rings is 1. The van der Waals surface area contributed by atoms with Gasteiger partial charge in [0.15, 0.2) is 0 Å². The van der Waals surface area contributed by atoms with E-state index in [1.165, 1.54) is 13.4 Å². The van der Waals surface area contributed by atoms with Crippen molar-refractivity contribution in [3.05, 3.63) is 72.1 Å². The number of ether oxygens (including phenoxy) is 1. The van der Waals surface area contributed by atoms with E-state index in [1.807, 2.05) is 6.07 Å². The summed E-state index contributed by atoms with van der Waals surface area (Å²) in [5, 5.41) is 5.48. The highest BCUT2D eigenvalue weighted by Gasteiger charge is 2.31. The summed E-state index contributed by atoms with van der Waals surface area (Å²) in [6.07, 6.45) is 6.65. The predicted molar refractivity (Wildman–Crippen MR) is 123 cm³/mol. The standard InChI is InChI=1S/C24H20N6O5/c1-34-17-3-2-14-10-30(23(32)18(14)5-17)11-20(29-24(33)28-13-31)22-4-15-9-27-19(6-21(15)35-22)16-7-25-12-26-8-16/h2-9,12-13,20H,10-11H2,1H3,(H2,28,29,31,33)/t20-/m0/s1. The van der Waals surface area contributed by atoms with E-state index in [1.54, 1.807) is 47.8 Å². The number of carbonyl (C=O) groups excluding carboxylic acids is 3. The summed E-state index contributed by atoms with van der Waals surface area (Å²) < 4.78 is 11.3. The van der Waals surface area contributed by atoms with Crippen LogP contribution in [0, 0.1) is 0 Å². The monoisotopic (exact) mass is 472 g/mol. The number of fused-ring (bicyclic) bond motifs is 2. The lowest BCUT2D eigenvalue weighted by Gasteiger charge is -2.23. The Morgan fingerprint density at radius 1 is 1.23 bits per heavy atom. The van der Waals surface area contributed by atoms with E-state index in [0.29, 0.717) is 40.3 Å². The molecule has 3 aromatic heterocycles. The molecular formula is C24H20N6O5. The van der Waals surface area contributed by atoms with Crippen molar-refractivity contribution in [2.75, 3.05) is 13.7 Å². The van der Waals surface area contributed by atoms with Crippen LogP contribution in [0.5, 0.6) is 5.75 Å². The first kappa shape index (κ1) is 22.0. The van der Waals surface area contributed by atoms with E-state index in [9.17, 15) is 14.4 Å². The molecule has 0 saturated carbocycles. The largest absolute Gasteiger partial charge is 0.497 e. The maximum Gasteiger partial charge on any atom is 0.321 e. The molecule has 1 atom stereocenters. The quantitative estimate of drug-likeness (QED) is 0.391. The molecule has 0 spiro atoms. The average Bonchev–Trinajstić information content (AvgIpc) is 3.44. The summed E-state index contributed by atoms with van der Waals surface area (Å²) in [4.78, 5) is 50.1. The number of nitrogens with zero attached hydrogens (tertiary/aromatic N) is 4. The van der Waals surface area contributed by atoms with Crippen LogP contribution in [0.15, 0.2) is 59.7 Å². The maximum atomic E-state index is 13.1. The summed E-state index contributed by atoms with van der Waals surface area (Å²) >= 11 is 0. The molecule has 1 aliphatic rings. The van der Waals surface area contributed by atoms with Gasteiger partial charge in [0.1, 0.15) is 29.5 Å². The van der Waals surface area contributed by atoms with Crippen molar-refractivity contribution in [2.24, 2.45) is 0 Å². The number of amides is 4. The molecule has 4 amide bonds. The van der Waals surface area contributed by atoms with Crippen molar-refractivity contribution < 1.29 is 23.5 Å². The summed E-state index contributed by atoms with van der Waals surface area (Å²) in [6, 6.07) is 7.39. The van der Waals surface area contributed by atoms with E-state index in [2.05, 4.69) is 25.6 Å². The zero-order valence-corrected chi connectivity index (χ0v) is 18.6. The molecule has 1 aliphatic heterocycles. The number of imide groups is 1. The smallest absolute Gasteiger partial charge is 0.321 e. The second-order valence-electron chi connectivity index (χ2n) is 7.88. The third kappa shape index (κ3) is 4.38. The number of hydrogen-bond acceptors (Lipinski definition) is 8. The minimum absolute atomic E-state index is 0.120. The van der Waals surface area contributed by atoms with E-state index >= 15 is 0 Å². The summed E-state index contributed by atoms with van der Waals surface area (Å²) in [5.74, 6) is 0.805. The second-order valence-corrected chi connectivity index (χ2v) is 7.88. The highest BCUT2D eigenvalue weighted by Crippen LogP contribution is 2.31. The topological polar surface area (TPSA) is 140 Å². The van der Waals surface area contributed by atoms with Gasteiger partial charge in [-0.25, -0.2) is 14.8 Å². The summed E-state index contributed by atoms with van der Waals surface area (Å²) in [5.41, 5.74) is 3.29. The van der Waals surface area contributed by atoms with Gasteiger partial charge in [-0.2, -0.15) is 0 Å². The predicted octanol–water partition coefficient (Wildman–Crippen LogP) is 2.45. The van der Waals surface area contributed by atoms with E-state index in [-0.39, 0.29) is 18.9 Å². The van der Waals surface area contributed by atoms with Crippen molar-refractivity contribution in [3.63, 3.8) is 0 Å². The van der Waals surface area contributed by atoms with Crippen LogP contribution in [-0.2, 0) is 11.3 Å². The van der Waals surface area contributed by atoms with Crippen LogP contribution < -0.4 is 15.4 Å². The minimum Gasteiger partial charge on any atom is -0.497 e. The summed E-state index contributed by atoms with van der Waals surface area (Å²) in [7, 11) is 1.54. The molecule has 176 valence electrons. The Labute approximate surface area is 199 Å². The fourth-order valence-electron chi connectivity index (χ4n) is 4.01. The van der Waals surface area contributed by atoms with Gasteiger partial charge in [-0.3, -0.25) is 19.9 Å². The first-order chi connectivity index (χ1) is 17.1. The first-order valence-electron chi connectivity index (χ1n) is 10.7. The number of hydrogen-bond donors (Lipinski definition) is 2. The van der Waals surface area contributed by atoms with Gasteiger partial charge in [-0.15, -0.1) is 0 Å². The Bertz CT molecular complexity index is 1420. The number of furan rings is 1. The molecule has 11 nitrogen and oxygen atoms in total. The average molecular weight is 472 g/mol. The van der Waals surface area contributed by atoms with Crippen LogP contribution in [0.1, 0.15) is 27.7 Å². The lowest BCUT2D eigenvalue weighted by atomic mass is 10.1. The van der Waals surface area contributed by atoms with Crippen LogP contribution in [0.2, 0.25) is 0 Å². The van der Waals surface area contributed by atoms with Gasteiger partial charge in [0, 0.05) is 54.3 Å². The van der Waals surface area contributed by atoms with Crippen molar-refractivity contribution in [1.82, 2.24) is 30.5 Å². The molecule has 1 aromatic carbocycles. The Hall–Kier alpha value is -4.80. The molecule has 35 heavy (non-hydrogen) atoms. The van der Waals surface area contributed by atoms with Gasteiger partial charge in [0.05, 0.1) is 12.8 Å². The fraction of sp³-hybridized carbons (Fsp3) is 0.167. The zero-order chi connectivity index (χ0) is 24.4. The molecule has 2 N–H and O–H groups in total. The highest BCUT2D eigenvalue weighted by molar-refractivity contribution is 5.98. The Morgan fingerprint density at radius 2 is 2.06 bits per heavy atom. The molecule has 11 heteroatoms. The van der Waals surface area contributed by atoms with Crippen LogP contribution in [0.3, 0.4) is 0 Å². The molecule has 0 radical (unpaired) electrons. The summed E-state index contributed by atoms with van der Waals surface area (Å²) in [6.45, 7) is 0.486. The van der Waals surface area contributed by atoms with Crippen molar-refractivity contribution in [2.45, 2.75) is 12.6 Å². The third-order valence-electron chi connectivity index (χ3n) is 5.71. The lowest BCUT2D eigenvalue weighted by Crippen LogP contribution is -2.42. The van der Waals surface area contributed by atoms with Crippen LogP contribution in [-0.4, -0.2) is 51.9 Å². The second kappa shape index (κ2) is 9.21. The number of aromatic nitrogens is 3. The van der Waals surface area contributed by atoms with Crippen molar-refractivity contribution >= 4 is 29.3 Å². The number of nitrogens with one attached hydrogen (secondary N) is 2. The molecule has 0 saturated heterocycles. The van der Waals surface area contributed by atoms with Crippen molar-refractivity contribution in [3.8, 4) is 17.0 Å². The van der Waals surface area contributed by atoms with Crippen molar-refractivity contribution in [1.29, 1.82) is 0 Å². The molecule has 4 aromatic rings. The maximum absolute atomic E-state index is 13.1. The number of pyridine rings is 1. The Morgan fingerprint density at radius 3 is 2.83 bits per heavy atom. The highest BCUT2D eigenvalue weighted by atomic mass is 16.5. The third-order valence-corrected chi connectivity index (χ3v) is 5.71. The van der Waals surface area contributed by atoms with Gasteiger partial charge in [0.25, 0.3) is 5.91 Å².